The number of hydrogen-bond acceptors (Lipinski definition) is 3. The Kier molecular flexibility index (Phi) is 4.31. The van der Waals surface area contributed by atoms with Crippen LogP contribution in [0.15, 0.2) is 30.5 Å². The van der Waals surface area contributed by atoms with Crippen molar-refractivity contribution in [1.82, 2.24) is 9.66 Å². The first-order valence-corrected chi connectivity index (χ1v) is 6.90. The summed E-state index contributed by atoms with van der Waals surface area (Å²) >= 11 is 5.47. The summed E-state index contributed by atoms with van der Waals surface area (Å²) in [6.07, 6.45) is 4.03. The van der Waals surface area contributed by atoms with Crippen LogP contribution in [0.1, 0.15) is 26.7 Å². The third-order valence-corrected chi connectivity index (χ3v) is 3.19. The first kappa shape index (κ1) is 13.0. The zero-order valence-electron chi connectivity index (χ0n) is 11.0. The van der Waals surface area contributed by atoms with Crippen molar-refractivity contribution in [1.29, 1.82) is 0 Å². The number of rotatable bonds is 5. The molecule has 0 radical (unpaired) electrons. The molecule has 0 atom stereocenters. The SMILES string of the molecule is CCCN(CCC)n1c(=S)ccc2cccnc21. The predicted molar refractivity (Wildman–Crippen MR) is 79.1 cm³/mol. The predicted octanol–water partition coefficient (Wildman–Crippen LogP) is 3.52. The smallest absolute Gasteiger partial charge is 0.159 e. The molecule has 0 N–H and O–H groups in total. The number of pyridine rings is 2. The summed E-state index contributed by atoms with van der Waals surface area (Å²) in [6.45, 7) is 6.37. The molecule has 0 amide bonds. The molecule has 2 heterocycles. The van der Waals surface area contributed by atoms with Gasteiger partial charge in [0.2, 0.25) is 0 Å². The highest BCUT2D eigenvalue weighted by Crippen LogP contribution is 2.13. The lowest BCUT2D eigenvalue weighted by Crippen LogP contribution is -2.37. The van der Waals surface area contributed by atoms with E-state index in [1.165, 1.54) is 0 Å². The van der Waals surface area contributed by atoms with Crippen LogP contribution in [-0.4, -0.2) is 22.7 Å². The number of aromatic nitrogens is 2. The van der Waals surface area contributed by atoms with E-state index in [1.807, 2.05) is 24.4 Å². The lowest BCUT2D eigenvalue weighted by Gasteiger charge is -2.27. The molecular weight excluding hydrogens is 242 g/mol. The molecular formula is C14H19N3S. The standard InChI is InChI=1S/C14H19N3S/c1-3-10-16(11-4-2)17-13(18)8-7-12-6-5-9-15-14(12)17/h5-9H,3-4,10-11H2,1-2H3. The van der Waals surface area contributed by atoms with Crippen molar-refractivity contribution in [3.63, 3.8) is 0 Å². The Bertz CT molecular complexity index is 571. The summed E-state index contributed by atoms with van der Waals surface area (Å²) in [5.41, 5.74) is 0.951. The van der Waals surface area contributed by atoms with Crippen molar-refractivity contribution in [2.24, 2.45) is 0 Å². The van der Waals surface area contributed by atoms with Crippen molar-refractivity contribution < 1.29 is 0 Å². The minimum atomic E-state index is 0.822. The van der Waals surface area contributed by atoms with Crippen LogP contribution < -0.4 is 5.01 Å². The number of nitrogens with zero attached hydrogens (tertiary/aromatic N) is 3. The largest absolute Gasteiger partial charge is 0.310 e. The topological polar surface area (TPSA) is 21.1 Å². The quantitative estimate of drug-likeness (QED) is 0.768. The minimum absolute atomic E-state index is 0.822. The zero-order valence-corrected chi connectivity index (χ0v) is 11.8. The average Bonchev–Trinajstić information content (AvgIpc) is 2.38. The molecule has 18 heavy (non-hydrogen) atoms. The monoisotopic (exact) mass is 261 g/mol. The van der Waals surface area contributed by atoms with E-state index in [4.69, 9.17) is 12.2 Å². The highest BCUT2D eigenvalue weighted by atomic mass is 32.1. The summed E-state index contributed by atoms with van der Waals surface area (Å²) in [5.74, 6) is 0. The Balaban J connectivity index is 2.59. The molecule has 2 aromatic rings. The molecule has 0 bridgehead atoms. The summed E-state index contributed by atoms with van der Waals surface area (Å²) in [5, 5.41) is 3.42. The molecule has 2 rings (SSSR count). The van der Waals surface area contributed by atoms with E-state index >= 15 is 0 Å². The van der Waals surface area contributed by atoms with Gasteiger partial charge in [-0.15, -0.1) is 0 Å². The molecule has 0 saturated heterocycles. The second-order valence-electron chi connectivity index (χ2n) is 4.35. The molecule has 96 valence electrons. The Hall–Kier alpha value is -1.42. The molecule has 0 fully saturated rings. The van der Waals surface area contributed by atoms with E-state index in [0.29, 0.717) is 0 Å². The molecule has 0 aliphatic rings. The van der Waals surface area contributed by atoms with Gasteiger partial charge in [-0.05, 0) is 37.1 Å². The second-order valence-corrected chi connectivity index (χ2v) is 4.77. The van der Waals surface area contributed by atoms with Crippen LogP contribution in [0, 0.1) is 4.64 Å². The van der Waals surface area contributed by atoms with Gasteiger partial charge < -0.3 is 5.01 Å². The Morgan fingerprint density at radius 3 is 2.56 bits per heavy atom. The maximum Gasteiger partial charge on any atom is 0.159 e. The fraction of sp³-hybridized carbons (Fsp3) is 0.429. The zero-order chi connectivity index (χ0) is 13.0. The van der Waals surface area contributed by atoms with E-state index in [9.17, 15) is 0 Å². The molecule has 3 nitrogen and oxygen atoms in total. The molecule has 0 saturated carbocycles. The van der Waals surface area contributed by atoms with Crippen molar-refractivity contribution in [2.75, 3.05) is 18.1 Å². The molecule has 0 unspecified atom stereocenters. The van der Waals surface area contributed by atoms with Crippen molar-refractivity contribution in [3.8, 4) is 0 Å². The van der Waals surface area contributed by atoms with Gasteiger partial charge in [0.15, 0.2) is 5.65 Å². The summed E-state index contributed by atoms with van der Waals surface area (Å²) in [4.78, 5) is 4.48. The summed E-state index contributed by atoms with van der Waals surface area (Å²) in [7, 11) is 0. The van der Waals surface area contributed by atoms with Gasteiger partial charge in [-0.1, -0.05) is 26.1 Å². The normalized spacial score (nSPS) is 10.8. The van der Waals surface area contributed by atoms with Gasteiger partial charge in [0.05, 0.1) is 0 Å². The second kappa shape index (κ2) is 5.96. The summed E-state index contributed by atoms with van der Waals surface area (Å²) in [6, 6.07) is 8.05. The van der Waals surface area contributed by atoms with Crippen LogP contribution in [0.5, 0.6) is 0 Å². The van der Waals surface area contributed by atoms with E-state index in [1.54, 1.807) is 0 Å². The van der Waals surface area contributed by atoms with Gasteiger partial charge in [0, 0.05) is 24.7 Å². The van der Waals surface area contributed by atoms with Gasteiger partial charge >= 0.3 is 0 Å². The third kappa shape index (κ3) is 2.53. The average molecular weight is 261 g/mol. The highest BCUT2D eigenvalue weighted by molar-refractivity contribution is 7.71. The van der Waals surface area contributed by atoms with Crippen LogP contribution in [0.3, 0.4) is 0 Å². The van der Waals surface area contributed by atoms with Crippen molar-refractivity contribution in [3.05, 3.63) is 35.1 Å². The van der Waals surface area contributed by atoms with Crippen molar-refractivity contribution in [2.45, 2.75) is 26.7 Å². The van der Waals surface area contributed by atoms with Crippen LogP contribution in [0.25, 0.3) is 11.0 Å². The molecule has 0 aliphatic heterocycles. The number of hydrogen-bond donors (Lipinski definition) is 0. The Morgan fingerprint density at radius 2 is 1.89 bits per heavy atom. The lowest BCUT2D eigenvalue weighted by molar-refractivity contribution is 0.573. The molecule has 4 heteroatoms. The van der Waals surface area contributed by atoms with Gasteiger partial charge in [0.1, 0.15) is 4.64 Å². The van der Waals surface area contributed by atoms with Gasteiger partial charge in [0.25, 0.3) is 0 Å². The molecule has 0 aromatic carbocycles. The first-order chi connectivity index (χ1) is 8.77. The molecule has 0 aliphatic carbocycles. The van der Waals surface area contributed by atoms with Gasteiger partial charge in [-0.25, -0.2) is 9.66 Å². The molecule has 2 aromatic heterocycles. The lowest BCUT2D eigenvalue weighted by atomic mass is 10.3. The van der Waals surface area contributed by atoms with Crippen LogP contribution in [-0.2, 0) is 0 Å². The van der Waals surface area contributed by atoms with Crippen LogP contribution in [0.2, 0.25) is 0 Å². The third-order valence-electron chi connectivity index (χ3n) is 2.88. The van der Waals surface area contributed by atoms with E-state index in [-0.39, 0.29) is 0 Å². The minimum Gasteiger partial charge on any atom is -0.310 e. The maximum atomic E-state index is 5.47. The van der Waals surface area contributed by atoms with E-state index in [0.717, 1.165) is 41.6 Å². The van der Waals surface area contributed by atoms with E-state index < -0.39 is 0 Å². The fourth-order valence-electron chi connectivity index (χ4n) is 2.15. The van der Waals surface area contributed by atoms with Crippen LogP contribution >= 0.6 is 12.2 Å². The summed E-state index contributed by atoms with van der Waals surface area (Å²) < 4.78 is 2.90. The van der Waals surface area contributed by atoms with E-state index in [2.05, 4.69) is 34.6 Å². The van der Waals surface area contributed by atoms with Crippen LogP contribution in [0.4, 0.5) is 0 Å². The number of fused-ring (bicyclic) bond motifs is 1. The maximum absolute atomic E-state index is 5.47. The first-order valence-electron chi connectivity index (χ1n) is 6.50. The van der Waals surface area contributed by atoms with Crippen molar-refractivity contribution >= 4 is 23.3 Å². The molecule has 0 spiro atoms. The van der Waals surface area contributed by atoms with Gasteiger partial charge in [-0.2, -0.15) is 0 Å². The van der Waals surface area contributed by atoms with Gasteiger partial charge in [-0.3, -0.25) is 0 Å². The Labute approximate surface area is 113 Å². The Morgan fingerprint density at radius 1 is 1.17 bits per heavy atom. The highest BCUT2D eigenvalue weighted by Gasteiger charge is 2.08. The fourth-order valence-corrected chi connectivity index (χ4v) is 2.42.